The van der Waals surface area contributed by atoms with Crippen LogP contribution in [0.5, 0.6) is 0 Å². The number of carbonyl (C=O) groups is 1. The van der Waals surface area contributed by atoms with E-state index in [9.17, 15) is 4.79 Å². The van der Waals surface area contributed by atoms with Crippen LogP contribution in [0.3, 0.4) is 0 Å². The van der Waals surface area contributed by atoms with Gasteiger partial charge in [-0.15, -0.1) is 0 Å². The lowest BCUT2D eigenvalue weighted by molar-refractivity contribution is 0.112. The quantitative estimate of drug-likeness (QED) is 0.316. The number of aldehydes is 1. The Kier molecular flexibility index (Phi) is 4.83. The number of nitrogens with zero attached hydrogens (tertiary/aromatic N) is 3. The van der Waals surface area contributed by atoms with Gasteiger partial charge in [-0.1, -0.05) is 6.42 Å². The summed E-state index contributed by atoms with van der Waals surface area (Å²) >= 11 is 0. The van der Waals surface area contributed by atoms with Gasteiger partial charge in [0.2, 0.25) is 0 Å². The molecule has 2 aromatic heterocycles. The number of hydrogen-bond acceptors (Lipinski definition) is 3. The molecule has 2 aromatic carbocycles. The van der Waals surface area contributed by atoms with Gasteiger partial charge < -0.3 is 4.57 Å². The van der Waals surface area contributed by atoms with Crippen LogP contribution in [-0.4, -0.2) is 15.8 Å². The van der Waals surface area contributed by atoms with Gasteiger partial charge in [0.25, 0.3) is 0 Å². The van der Waals surface area contributed by atoms with Crippen molar-refractivity contribution in [3.05, 3.63) is 53.3 Å². The summed E-state index contributed by atoms with van der Waals surface area (Å²) in [5.74, 6) is 0. The van der Waals surface area contributed by atoms with Crippen LogP contribution >= 0.6 is 0 Å². The molecule has 0 amide bonds. The first-order valence-corrected chi connectivity index (χ1v) is 9.78. The van der Waals surface area contributed by atoms with Crippen LogP contribution in [0.2, 0.25) is 0 Å². The third kappa shape index (κ3) is 3.03. The molecule has 0 unspecified atom stereocenters. The monoisotopic (exact) mass is 369 g/mol. The molecule has 0 fully saturated rings. The minimum absolute atomic E-state index is 0.640. The smallest absolute Gasteiger partial charge is 0.150 e. The maximum Gasteiger partial charge on any atom is 0.150 e. The van der Waals surface area contributed by atoms with Gasteiger partial charge >= 0.3 is 0 Å². The van der Waals surface area contributed by atoms with Gasteiger partial charge in [-0.2, -0.15) is 5.26 Å². The van der Waals surface area contributed by atoms with E-state index in [1.165, 1.54) is 21.9 Å². The van der Waals surface area contributed by atoms with Crippen molar-refractivity contribution in [2.75, 3.05) is 0 Å². The predicted octanol–water partition coefficient (Wildman–Crippen LogP) is 5.86. The molecule has 140 valence electrons. The maximum atomic E-state index is 11.2. The molecule has 0 aliphatic heterocycles. The highest BCUT2D eigenvalue weighted by molar-refractivity contribution is 6.16. The highest BCUT2D eigenvalue weighted by Gasteiger charge is 2.15. The molecule has 4 nitrogen and oxygen atoms in total. The lowest BCUT2D eigenvalue weighted by Gasteiger charge is -2.13. The molecule has 0 atom stereocenters. The van der Waals surface area contributed by atoms with Crippen molar-refractivity contribution in [2.45, 2.75) is 46.1 Å². The highest BCUT2D eigenvalue weighted by Crippen LogP contribution is 2.36. The van der Waals surface area contributed by atoms with E-state index in [2.05, 4.69) is 42.9 Å². The number of nitriles is 1. The van der Waals surface area contributed by atoms with E-state index in [1.807, 2.05) is 18.2 Å². The van der Waals surface area contributed by atoms with Crippen molar-refractivity contribution in [1.29, 1.82) is 5.26 Å². The van der Waals surface area contributed by atoms with Gasteiger partial charge in [-0.3, -0.25) is 4.79 Å². The van der Waals surface area contributed by atoms with Gasteiger partial charge in [0, 0.05) is 47.1 Å². The van der Waals surface area contributed by atoms with E-state index in [0.717, 1.165) is 53.9 Å². The third-order valence-corrected chi connectivity index (χ3v) is 5.66. The summed E-state index contributed by atoms with van der Waals surface area (Å²) in [4.78, 5) is 16.1. The zero-order valence-corrected chi connectivity index (χ0v) is 16.3. The average Bonchev–Trinajstić information content (AvgIpc) is 3.11. The van der Waals surface area contributed by atoms with Crippen LogP contribution < -0.4 is 0 Å². The van der Waals surface area contributed by atoms with Gasteiger partial charge in [-0.25, -0.2) is 4.98 Å². The summed E-state index contributed by atoms with van der Waals surface area (Å²) in [5, 5.41) is 13.3. The Morgan fingerprint density at radius 1 is 1.07 bits per heavy atom. The summed E-state index contributed by atoms with van der Waals surface area (Å²) in [5.41, 5.74) is 5.03. The molecule has 2 heterocycles. The third-order valence-electron chi connectivity index (χ3n) is 5.66. The van der Waals surface area contributed by atoms with E-state index in [1.54, 1.807) is 0 Å². The number of benzene rings is 2. The Morgan fingerprint density at radius 3 is 2.71 bits per heavy atom. The summed E-state index contributed by atoms with van der Waals surface area (Å²) in [6.45, 7) is 5.23. The van der Waals surface area contributed by atoms with Gasteiger partial charge in [-0.05, 0) is 67.5 Å². The van der Waals surface area contributed by atoms with Crippen LogP contribution in [-0.2, 0) is 6.54 Å². The molecule has 0 N–H and O–H groups in total. The fourth-order valence-corrected chi connectivity index (χ4v) is 4.12. The molecule has 0 saturated carbocycles. The Morgan fingerprint density at radius 2 is 1.93 bits per heavy atom. The van der Waals surface area contributed by atoms with Crippen molar-refractivity contribution in [3.63, 3.8) is 0 Å². The first-order valence-electron chi connectivity index (χ1n) is 9.78. The minimum Gasteiger partial charge on any atom is -0.354 e. The van der Waals surface area contributed by atoms with Crippen LogP contribution in [0, 0.1) is 25.2 Å². The first kappa shape index (κ1) is 18.2. The molecular formula is C24H23N3O. The topological polar surface area (TPSA) is 58.7 Å². The summed E-state index contributed by atoms with van der Waals surface area (Å²) in [6.07, 6.45) is 9.01. The van der Waals surface area contributed by atoms with Gasteiger partial charge in [0.05, 0.1) is 17.1 Å². The van der Waals surface area contributed by atoms with E-state index in [4.69, 9.17) is 10.2 Å². The molecule has 0 aliphatic carbocycles. The molecule has 0 bridgehead atoms. The van der Waals surface area contributed by atoms with Crippen LogP contribution in [0.15, 0.2) is 36.7 Å². The van der Waals surface area contributed by atoms with Crippen molar-refractivity contribution in [1.82, 2.24) is 9.55 Å². The largest absolute Gasteiger partial charge is 0.354 e. The Hall–Kier alpha value is -3.19. The second-order valence-corrected chi connectivity index (χ2v) is 7.46. The normalized spacial score (nSPS) is 11.3. The SMILES string of the molecule is Cc1c2cn(CCCCCC#N)ccc2c(C)c2c1nc1ccc(C=O)cc12. The average molecular weight is 369 g/mol. The number of rotatable bonds is 6. The molecule has 0 saturated heterocycles. The molecule has 28 heavy (non-hydrogen) atoms. The summed E-state index contributed by atoms with van der Waals surface area (Å²) in [7, 11) is 0. The van der Waals surface area contributed by atoms with Crippen molar-refractivity contribution in [2.24, 2.45) is 0 Å². The maximum absolute atomic E-state index is 11.2. The number of aryl methyl sites for hydroxylation is 3. The number of aromatic nitrogens is 2. The van der Waals surface area contributed by atoms with E-state index < -0.39 is 0 Å². The molecule has 0 spiro atoms. The molecule has 4 rings (SSSR count). The van der Waals surface area contributed by atoms with E-state index in [-0.39, 0.29) is 0 Å². The lowest BCUT2D eigenvalue weighted by Crippen LogP contribution is -1.99. The zero-order valence-electron chi connectivity index (χ0n) is 16.3. The Balaban J connectivity index is 1.81. The molecule has 4 aromatic rings. The summed E-state index contributed by atoms with van der Waals surface area (Å²) < 4.78 is 2.24. The standard InChI is InChI=1S/C24H23N3O/c1-16-19-9-12-27(11-6-4-3-5-10-25)14-21(19)17(2)24-23(16)20-13-18(15-28)7-8-22(20)26-24/h7-9,12-15H,3-6,11H2,1-2H3. The second kappa shape index (κ2) is 7.44. The molecule has 0 aliphatic rings. The van der Waals surface area contributed by atoms with Gasteiger partial charge in [0.15, 0.2) is 0 Å². The molecule has 0 radical (unpaired) electrons. The molecule has 4 heteroatoms. The minimum atomic E-state index is 0.640. The lowest BCUT2D eigenvalue weighted by atomic mass is 9.96. The fraction of sp³-hybridized carbons (Fsp3) is 0.292. The van der Waals surface area contributed by atoms with E-state index in [0.29, 0.717) is 12.0 Å². The van der Waals surface area contributed by atoms with Crippen LogP contribution in [0.1, 0.15) is 47.2 Å². The number of fused-ring (bicyclic) bond motifs is 4. The molecular weight excluding hydrogens is 346 g/mol. The second-order valence-electron chi connectivity index (χ2n) is 7.46. The summed E-state index contributed by atoms with van der Waals surface area (Å²) in [6, 6.07) is 10.1. The Labute approximate surface area is 164 Å². The van der Waals surface area contributed by atoms with Crippen molar-refractivity contribution in [3.8, 4) is 6.07 Å². The van der Waals surface area contributed by atoms with Crippen LogP contribution in [0.4, 0.5) is 0 Å². The number of carbonyl (C=O) groups excluding carboxylic acids is 1. The van der Waals surface area contributed by atoms with Crippen molar-refractivity contribution >= 4 is 38.9 Å². The van der Waals surface area contributed by atoms with Gasteiger partial charge in [0.1, 0.15) is 6.29 Å². The first-order chi connectivity index (χ1) is 13.6. The number of unbranched alkanes of at least 4 members (excludes halogenated alkanes) is 3. The Bertz CT molecular complexity index is 1240. The fourth-order valence-electron chi connectivity index (χ4n) is 4.12. The van der Waals surface area contributed by atoms with Crippen LogP contribution in [0.25, 0.3) is 32.6 Å². The predicted molar refractivity (Wildman–Crippen MR) is 114 cm³/mol. The zero-order chi connectivity index (χ0) is 19.7. The van der Waals surface area contributed by atoms with Crippen molar-refractivity contribution < 1.29 is 4.79 Å². The number of hydrogen-bond donors (Lipinski definition) is 0. The highest BCUT2D eigenvalue weighted by atomic mass is 16.1. The number of pyridine rings is 1. The van der Waals surface area contributed by atoms with E-state index >= 15 is 0 Å².